The third-order valence-corrected chi connectivity index (χ3v) is 6.83. The minimum Gasteiger partial charge on any atom is -0.292 e. The number of ketones is 1. The number of benzene rings is 2. The van der Waals surface area contributed by atoms with E-state index in [0.29, 0.717) is 16.8 Å². The number of hydrogen-bond acceptors (Lipinski definition) is 4. The van der Waals surface area contributed by atoms with Crippen LogP contribution in [0.2, 0.25) is 0 Å². The number of rotatable bonds is 4. The largest absolute Gasteiger partial charge is 0.292 e. The van der Waals surface area contributed by atoms with E-state index in [9.17, 15) is 9.59 Å². The monoisotopic (exact) mass is 416 g/mol. The van der Waals surface area contributed by atoms with Crippen LogP contribution in [-0.4, -0.2) is 15.3 Å². The van der Waals surface area contributed by atoms with E-state index in [1.165, 1.54) is 15.9 Å². The highest BCUT2D eigenvalue weighted by Crippen LogP contribution is 2.29. The van der Waals surface area contributed by atoms with Crippen molar-refractivity contribution in [2.24, 2.45) is 0 Å². The molecule has 0 amide bonds. The molecule has 4 nitrogen and oxygen atoms in total. The Morgan fingerprint density at radius 2 is 1.67 bits per heavy atom. The van der Waals surface area contributed by atoms with Gasteiger partial charge in [-0.3, -0.25) is 14.2 Å². The van der Waals surface area contributed by atoms with E-state index in [-0.39, 0.29) is 17.9 Å². The van der Waals surface area contributed by atoms with Crippen LogP contribution < -0.4 is 5.56 Å². The number of aromatic nitrogens is 2. The number of carbonyl (C=O) groups is 1. The number of aryl methyl sites for hydroxylation is 5. The summed E-state index contributed by atoms with van der Waals surface area (Å²) < 4.78 is 1.53. The highest BCUT2D eigenvalue weighted by Gasteiger charge is 2.20. The van der Waals surface area contributed by atoms with E-state index in [1.54, 1.807) is 0 Å². The maximum atomic E-state index is 13.5. The molecule has 0 spiro atoms. The lowest BCUT2D eigenvalue weighted by molar-refractivity contribution is 0.0971. The van der Waals surface area contributed by atoms with E-state index in [2.05, 4.69) is 0 Å². The molecule has 2 heterocycles. The summed E-state index contributed by atoms with van der Waals surface area (Å²) in [4.78, 5) is 33.2. The third kappa shape index (κ3) is 3.50. The second-order valence-electron chi connectivity index (χ2n) is 7.88. The maximum Gasteiger partial charge on any atom is 0.263 e. The van der Waals surface area contributed by atoms with Gasteiger partial charge in [-0.1, -0.05) is 42.0 Å². The van der Waals surface area contributed by atoms with Crippen molar-refractivity contribution in [1.29, 1.82) is 0 Å². The van der Waals surface area contributed by atoms with E-state index in [4.69, 9.17) is 4.98 Å². The highest BCUT2D eigenvalue weighted by atomic mass is 32.1. The Morgan fingerprint density at radius 1 is 0.967 bits per heavy atom. The van der Waals surface area contributed by atoms with Crippen LogP contribution in [-0.2, 0) is 6.54 Å². The zero-order chi connectivity index (χ0) is 21.6. The second kappa shape index (κ2) is 7.65. The lowest BCUT2D eigenvalue weighted by Crippen LogP contribution is -2.27. The van der Waals surface area contributed by atoms with Crippen LogP contribution in [0.3, 0.4) is 0 Å². The fourth-order valence-corrected chi connectivity index (χ4v) is 4.57. The first-order chi connectivity index (χ1) is 14.3. The SMILES string of the molecule is Cc1ccc(-c2nc3sc(C)c(C)c3c(=O)n2CC(=O)c2ccc(C)c(C)c2)cc1. The average molecular weight is 417 g/mol. The third-order valence-electron chi connectivity index (χ3n) is 5.73. The summed E-state index contributed by atoms with van der Waals surface area (Å²) in [6, 6.07) is 13.5. The lowest BCUT2D eigenvalue weighted by Gasteiger charge is -2.13. The van der Waals surface area contributed by atoms with Crippen molar-refractivity contribution in [3.05, 3.63) is 85.5 Å². The molecule has 0 atom stereocenters. The molecule has 0 radical (unpaired) electrons. The number of carbonyl (C=O) groups excluding carboxylic acids is 1. The molecule has 0 saturated heterocycles. The molecule has 0 aliphatic carbocycles. The van der Waals surface area contributed by atoms with Gasteiger partial charge in [-0.25, -0.2) is 4.98 Å². The quantitative estimate of drug-likeness (QED) is 0.410. The number of thiophene rings is 1. The highest BCUT2D eigenvalue weighted by molar-refractivity contribution is 7.18. The van der Waals surface area contributed by atoms with E-state index in [0.717, 1.165) is 37.5 Å². The standard InChI is InChI=1S/C25H24N2O2S/c1-14-6-9-19(10-7-14)23-26-24-22(17(4)18(5)30-24)25(29)27(23)13-21(28)20-11-8-15(2)16(3)12-20/h6-12H,13H2,1-5H3. The van der Waals surface area contributed by atoms with Gasteiger partial charge in [0.25, 0.3) is 5.56 Å². The summed E-state index contributed by atoms with van der Waals surface area (Å²) in [5.74, 6) is 0.435. The van der Waals surface area contributed by atoms with Gasteiger partial charge in [0.1, 0.15) is 10.7 Å². The van der Waals surface area contributed by atoms with Gasteiger partial charge < -0.3 is 0 Å². The molecule has 0 unspecified atom stereocenters. The van der Waals surface area contributed by atoms with Gasteiger partial charge in [-0.05, 0) is 57.4 Å². The Balaban J connectivity index is 1.90. The molecule has 4 rings (SSSR count). The predicted octanol–water partition coefficient (Wildman–Crippen LogP) is 5.55. The Morgan fingerprint density at radius 3 is 2.33 bits per heavy atom. The summed E-state index contributed by atoms with van der Waals surface area (Å²) in [5, 5.41) is 0.612. The fraction of sp³-hybridized carbons (Fsp3) is 0.240. The number of Topliss-reactive ketones (excluding diaryl/α,β-unsaturated/α-hetero) is 1. The van der Waals surface area contributed by atoms with Gasteiger partial charge in [0.15, 0.2) is 5.78 Å². The maximum absolute atomic E-state index is 13.5. The zero-order valence-corrected chi connectivity index (χ0v) is 18.7. The van der Waals surface area contributed by atoms with Gasteiger partial charge in [0, 0.05) is 16.0 Å². The normalized spacial score (nSPS) is 11.2. The molecule has 4 aromatic rings. The van der Waals surface area contributed by atoms with Crippen molar-refractivity contribution >= 4 is 27.3 Å². The van der Waals surface area contributed by atoms with Crippen LogP contribution in [0.15, 0.2) is 47.3 Å². The Hall–Kier alpha value is -3.05. The van der Waals surface area contributed by atoms with Crippen molar-refractivity contribution in [2.75, 3.05) is 0 Å². The topological polar surface area (TPSA) is 52.0 Å². The second-order valence-corrected chi connectivity index (χ2v) is 9.08. The molecule has 30 heavy (non-hydrogen) atoms. The summed E-state index contributed by atoms with van der Waals surface area (Å²) >= 11 is 1.52. The molecule has 2 aromatic heterocycles. The van der Waals surface area contributed by atoms with Gasteiger partial charge in [-0.2, -0.15) is 0 Å². The van der Waals surface area contributed by atoms with Crippen LogP contribution in [0.4, 0.5) is 0 Å². The fourth-order valence-electron chi connectivity index (χ4n) is 3.55. The van der Waals surface area contributed by atoms with E-state index >= 15 is 0 Å². The summed E-state index contributed by atoms with van der Waals surface area (Å²) in [6.45, 7) is 9.92. The minimum absolute atomic E-state index is 0.0399. The first-order valence-corrected chi connectivity index (χ1v) is 10.8. The molecular weight excluding hydrogens is 392 g/mol. The Bertz CT molecular complexity index is 1340. The number of nitrogens with zero attached hydrogens (tertiary/aromatic N) is 2. The molecule has 152 valence electrons. The van der Waals surface area contributed by atoms with Gasteiger partial charge in [-0.15, -0.1) is 11.3 Å². The van der Waals surface area contributed by atoms with Crippen molar-refractivity contribution in [3.8, 4) is 11.4 Å². The van der Waals surface area contributed by atoms with Crippen LogP contribution in [0.5, 0.6) is 0 Å². The van der Waals surface area contributed by atoms with Crippen LogP contribution in [0.25, 0.3) is 21.6 Å². The molecule has 0 N–H and O–H groups in total. The van der Waals surface area contributed by atoms with Crippen molar-refractivity contribution in [1.82, 2.24) is 9.55 Å². The van der Waals surface area contributed by atoms with Crippen molar-refractivity contribution in [3.63, 3.8) is 0 Å². The van der Waals surface area contributed by atoms with Gasteiger partial charge >= 0.3 is 0 Å². The van der Waals surface area contributed by atoms with Gasteiger partial charge in [0.05, 0.1) is 11.9 Å². The van der Waals surface area contributed by atoms with E-state index < -0.39 is 0 Å². The van der Waals surface area contributed by atoms with Crippen LogP contribution in [0, 0.1) is 34.6 Å². The first kappa shape index (κ1) is 20.2. The van der Waals surface area contributed by atoms with Crippen molar-refractivity contribution in [2.45, 2.75) is 41.2 Å². The Kier molecular flexibility index (Phi) is 5.16. The van der Waals surface area contributed by atoms with Crippen LogP contribution >= 0.6 is 11.3 Å². The molecule has 0 aliphatic heterocycles. The van der Waals surface area contributed by atoms with Crippen LogP contribution in [0.1, 0.15) is 37.5 Å². The van der Waals surface area contributed by atoms with Crippen molar-refractivity contribution < 1.29 is 4.79 Å². The molecule has 5 heteroatoms. The van der Waals surface area contributed by atoms with Gasteiger partial charge in [0.2, 0.25) is 0 Å². The van der Waals surface area contributed by atoms with E-state index in [1.807, 2.05) is 77.1 Å². The smallest absolute Gasteiger partial charge is 0.263 e. The molecule has 0 aliphatic rings. The summed E-state index contributed by atoms with van der Waals surface area (Å²) in [5.41, 5.74) is 5.54. The summed E-state index contributed by atoms with van der Waals surface area (Å²) in [6.07, 6.45) is 0. The molecular formula is C25H24N2O2S. The molecule has 0 saturated carbocycles. The number of hydrogen-bond donors (Lipinski definition) is 0. The summed E-state index contributed by atoms with van der Waals surface area (Å²) in [7, 11) is 0. The predicted molar refractivity (Wildman–Crippen MR) is 124 cm³/mol. The lowest BCUT2D eigenvalue weighted by atomic mass is 10.0. The zero-order valence-electron chi connectivity index (χ0n) is 17.9. The average Bonchev–Trinajstić information content (AvgIpc) is 3.00. The number of fused-ring (bicyclic) bond motifs is 1. The first-order valence-electron chi connectivity index (χ1n) is 9.94. The molecule has 2 aromatic carbocycles. The Labute approximate surface area is 179 Å². The molecule has 0 bridgehead atoms. The molecule has 0 fully saturated rings. The minimum atomic E-state index is -0.158.